The topological polar surface area (TPSA) is 24.9 Å². The van der Waals surface area contributed by atoms with Crippen LogP contribution in [0.4, 0.5) is 0 Å². The SMILES string of the molecule is CCCNCC1(Cc2nc(C)c(C)s2)CCCC1. The summed E-state index contributed by atoms with van der Waals surface area (Å²) in [7, 11) is 0. The zero-order valence-electron chi connectivity index (χ0n) is 12.0. The summed E-state index contributed by atoms with van der Waals surface area (Å²) in [6, 6.07) is 0. The molecule has 0 radical (unpaired) electrons. The van der Waals surface area contributed by atoms with Crippen molar-refractivity contribution in [1.82, 2.24) is 10.3 Å². The molecule has 0 bridgehead atoms. The van der Waals surface area contributed by atoms with Crippen molar-refractivity contribution in [3.63, 3.8) is 0 Å². The summed E-state index contributed by atoms with van der Waals surface area (Å²) in [5, 5.41) is 4.99. The van der Waals surface area contributed by atoms with Crippen molar-refractivity contribution in [3.05, 3.63) is 15.6 Å². The fourth-order valence-corrected chi connectivity index (χ4v) is 4.11. The van der Waals surface area contributed by atoms with Crippen LogP contribution < -0.4 is 5.32 Å². The minimum Gasteiger partial charge on any atom is -0.316 e. The Bertz CT molecular complexity index is 358. The van der Waals surface area contributed by atoms with Crippen LogP contribution in [0, 0.1) is 19.3 Å². The molecule has 3 heteroatoms. The van der Waals surface area contributed by atoms with E-state index >= 15 is 0 Å². The first kappa shape index (κ1) is 14.0. The van der Waals surface area contributed by atoms with Crippen LogP contribution >= 0.6 is 11.3 Å². The van der Waals surface area contributed by atoms with Gasteiger partial charge in [0.05, 0.1) is 10.7 Å². The van der Waals surface area contributed by atoms with Crippen LogP contribution in [0.15, 0.2) is 0 Å². The minimum atomic E-state index is 0.492. The number of nitrogens with one attached hydrogen (secondary N) is 1. The van der Waals surface area contributed by atoms with Crippen molar-refractivity contribution in [3.8, 4) is 0 Å². The number of hydrogen-bond acceptors (Lipinski definition) is 3. The number of rotatable bonds is 6. The standard InChI is InChI=1S/C15H26N2S/c1-4-9-16-11-15(7-5-6-8-15)10-14-17-12(2)13(3)18-14/h16H,4-11H2,1-3H3. The highest BCUT2D eigenvalue weighted by atomic mass is 32.1. The van der Waals surface area contributed by atoms with Crippen molar-refractivity contribution in [1.29, 1.82) is 0 Å². The molecule has 1 aliphatic carbocycles. The number of thiazole rings is 1. The Kier molecular flexibility index (Phi) is 4.79. The molecule has 0 atom stereocenters. The first-order valence-corrected chi connectivity index (χ1v) is 8.10. The molecule has 102 valence electrons. The quantitative estimate of drug-likeness (QED) is 0.791. The molecule has 1 N–H and O–H groups in total. The van der Waals surface area contributed by atoms with Gasteiger partial charge in [-0.3, -0.25) is 0 Å². The second-order valence-electron chi connectivity index (χ2n) is 5.81. The molecule has 0 saturated heterocycles. The van der Waals surface area contributed by atoms with Gasteiger partial charge in [-0.2, -0.15) is 0 Å². The third-order valence-electron chi connectivity index (χ3n) is 4.19. The van der Waals surface area contributed by atoms with E-state index in [-0.39, 0.29) is 0 Å². The highest BCUT2D eigenvalue weighted by molar-refractivity contribution is 7.11. The van der Waals surface area contributed by atoms with E-state index in [1.54, 1.807) is 0 Å². The largest absolute Gasteiger partial charge is 0.316 e. The smallest absolute Gasteiger partial charge is 0.0936 e. The van der Waals surface area contributed by atoms with Gasteiger partial charge in [0.2, 0.25) is 0 Å². The van der Waals surface area contributed by atoms with E-state index in [4.69, 9.17) is 4.98 Å². The summed E-state index contributed by atoms with van der Waals surface area (Å²) >= 11 is 1.90. The molecule has 1 heterocycles. The van der Waals surface area contributed by atoms with Gasteiger partial charge in [0.25, 0.3) is 0 Å². The Morgan fingerprint density at radius 1 is 1.28 bits per heavy atom. The summed E-state index contributed by atoms with van der Waals surface area (Å²) in [5.74, 6) is 0. The minimum absolute atomic E-state index is 0.492. The Morgan fingerprint density at radius 2 is 2.00 bits per heavy atom. The van der Waals surface area contributed by atoms with Gasteiger partial charge >= 0.3 is 0 Å². The fraction of sp³-hybridized carbons (Fsp3) is 0.800. The van der Waals surface area contributed by atoms with E-state index < -0.39 is 0 Å². The molecule has 18 heavy (non-hydrogen) atoms. The van der Waals surface area contributed by atoms with Gasteiger partial charge in [-0.25, -0.2) is 4.98 Å². The molecule has 1 aromatic rings. The summed E-state index contributed by atoms with van der Waals surface area (Å²) in [6.07, 6.45) is 7.96. The summed E-state index contributed by atoms with van der Waals surface area (Å²) in [6.45, 7) is 8.89. The lowest BCUT2D eigenvalue weighted by Gasteiger charge is -2.28. The van der Waals surface area contributed by atoms with Crippen molar-refractivity contribution in [2.45, 2.75) is 59.3 Å². The predicted octanol–water partition coefficient (Wildman–Crippen LogP) is 3.86. The Labute approximate surface area is 115 Å². The zero-order valence-corrected chi connectivity index (χ0v) is 12.8. The lowest BCUT2D eigenvalue weighted by atomic mass is 9.83. The van der Waals surface area contributed by atoms with Gasteiger partial charge in [-0.1, -0.05) is 19.8 Å². The average Bonchev–Trinajstić information content (AvgIpc) is 2.89. The van der Waals surface area contributed by atoms with E-state index in [0.29, 0.717) is 5.41 Å². The molecule has 0 amide bonds. The molecule has 1 aromatic heterocycles. The van der Waals surface area contributed by atoms with Gasteiger partial charge in [-0.05, 0) is 45.1 Å². The number of nitrogens with zero attached hydrogens (tertiary/aromatic N) is 1. The van der Waals surface area contributed by atoms with Crippen LogP contribution in [0.25, 0.3) is 0 Å². The molecule has 2 rings (SSSR count). The molecule has 0 spiro atoms. The Balaban J connectivity index is 2.01. The molecule has 2 nitrogen and oxygen atoms in total. The Hall–Kier alpha value is -0.410. The van der Waals surface area contributed by atoms with Crippen molar-refractivity contribution < 1.29 is 0 Å². The third-order valence-corrected chi connectivity index (χ3v) is 5.26. The fourth-order valence-electron chi connectivity index (χ4n) is 3.01. The average molecular weight is 266 g/mol. The second kappa shape index (κ2) is 6.16. The van der Waals surface area contributed by atoms with E-state index in [1.165, 1.54) is 60.6 Å². The van der Waals surface area contributed by atoms with Crippen LogP contribution in [0.1, 0.15) is 54.6 Å². The molecule has 0 aromatic carbocycles. The molecular weight excluding hydrogens is 240 g/mol. The lowest BCUT2D eigenvalue weighted by Crippen LogP contribution is -2.34. The van der Waals surface area contributed by atoms with E-state index in [1.807, 2.05) is 11.3 Å². The zero-order chi connectivity index (χ0) is 13.0. The van der Waals surface area contributed by atoms with Crippen LogP contribution in [-0.4, -0.2) is 18.1 Å². The maximum Gasteiger partial charge on any atom is 0.0936 e. The van der Waals surface area contributed by atoms with Crippen LogP contribution in [0.2, 0.25) is 0 Å². The number of aryl methyl sites for hydroxylation is 2. The van der Waals surface area contributed by atoms with Gasteiger partial charge in [0, 0.05) is 17.8 Å². The highest BCUT2D eigenvalue weighted by Crippen LogP contribution is 2.41. The highest BCUT2D eigenvalue weighted by Gasteiger charge is 2.34. The molecular formula is C15H26N2S. The van der Waals surface area contributed by atoms with E-state index in [0.717, 1.165) is 6.54 Å². The van der Waals surface area contributed by atoms with Gasteiger partial charge in [0.1, 0.15) is 0 Å². The number of hydrogen-bond donors (Lipinski definition) is 1. The number of aromatic nitrogens is 1. The Morgan fingerprint density at radius 3 is 2.56 bits per heavy atom. The molecule has 0 unspecified atom stereocenters. The monoisotopic (exact) mass is 266 g/mol. The summed E-state index contributed by atoms with van der Waals surface area (Å²) in [5.41, 5.74) is 1.72. The first-order valence-electron chi connectivity index (χ1n) is 7.29. The normalized spacial score (nSPS) is 18.4. The van der Waals surface area contributed by atoms with Crippen molar-refractivity contribution >= 4 is 11.3 Å². The van der Waals surface area contributed by atoms with Gasteiger partial charge in [-0.15, -0.1) is 11.3 Å². The van der Waals surface area contributed by atoms with Crippen LogP contribution in [0.3, 0.4) is 0 Å². The second-order valence-corrected chi connectivity index (χ2v) is 7.10. The third kappa shape index (κ3) is 3.33. The predicted molar refractivity (Wildman–Crippen MR) is 79.4 cm³/mol. The van der Waals surface area contributed by atoms with Crippen LogP contribution in [-0.2, 0) is 6.42 Å². The molecule has 1 fully saturated rings. The first-order chi connectivity index (χ1) is 8.65. The van der Waals surface area contributed by atoms with Gasteiger partial charge < -0.3 is 5.32 Å². The van der Waals surface area contributed by atoms with Crippen LogP contribution in [0.5, 0.6) is 0 Å². The maximum absolute atomic E-state index is 4.74. The van der Waals surface area contributed by atoms with Crippen molar-refractivity contribution in [2.75, 3.05) is 13.1 Å². The van der Waals surface area contributed by atoms with E-state index in [2.05, 4.69) is 26.1 Å². The summed E-state index contributed by atoms with van der Waals surface area (Å²) in [4.78, 5) is 6.13. The van der Waals surface area contributed by atoms with E-state index in [9.17, 15) is 0 Å². The van der Waals surface area contributed by atoms with Gasteiger partial charge in [0.15, 0.2) is 0 Å². The summed E-state index contributed by atoms with van der Waals surface area (Å²) < 4.78 is 0. The lowest BCUT2D eigenvalue weighted by molar-refractivity contribution is 0.278. The molecule has 1 aliphatic rings. The van der Waals surface area contributed by atoms with Crippen molar-refractivity contribution in [2.24, 2.45) is 5.41 Å². The molecule has 0 aliphatic heterocycles. The maximum atomic E-state index is 4.74. The molecule has 1 saturated carbocycles.